The molecule has 5 heteroatoms. The lowest BCUT2D eigenvalue weighted by atomic mass is 10.3. The van der Waals surface area contributed by atoms with E-state index in [1.807, 2.05) is 30.3 Å². The Morgan fingerprint density at radius 1 is 1.11 bits per heavy atom. The number of hydrogen-bond donors (Lipinski definition) is 0. The average molecular weight is 274 g/mol. The normalized spacial score (nSPS) is 25.1. The van der Waals surface area contributed by atoms with E-state index in [4.69, 9.17) is 4.43 Å². The molecule has 1 atom stereocenters. The molecular weight excluding hydrogens is 257 g/mol. The predicted octanol–water partition coefficient (Wildman–Crippen LogP) is 3.60. The van der Waals surface area contributed by atoms with Crippen molar-refractivity contribution in [1.29, 1.82) is 0 Å². The summed E-state index contributed by atoms with van der Waals surface area (Å²) in [5.41, 5.74) is 0. The highest BCUT2D eigenvalue weighted by molar-refractivity contribution is 6.86. The van der Waals surface area contributed by atoms with Crippen LogP contribution >= 0.6 is 0 Å². The summed E-state index contributed by atoms with van der Waals surface area (Å²) in [5.74, 6) is 0. The first-order valence-electron chi connectivity index (χ1n) is 6.28. The van der Waals surface area contributed by atoms with E-state index in [2.05, 4.69) is 0 Å². The van der Waals surface area contributed by atoms with Gasteiger partial charge in [0.15, 0.2) is 0 Å². The Hall–Kier alpha value is -0.813. The van der Waals surface area contributed by atoms with Crippen molar-refractivity contribution in [2.75, 3.05) is 6.61 Å². The molecule has 2 rings (SSSR count). The second-order valence-electron chi connectivity index (χ2n) is 4.78. The van der Waals surface area contributed by atoms with Crippen LogP contribution in [-0.4, -0.2) is 21.1 Å². The molecule has 1 aliphatic heterocycles. The first kappa shape index (κ1) is 13.6. The predicted molar refractivity (Wildman–Crippen MR) is 67.3 cm³/mol. The molecule has 0 spiro atoms. The van der Waals surface area contributed by atoms with Crippen molar-refractivity contribution < 1.29 is 17.6 Å². The second kappa shape index (κ2) is 5.44. The third-order valence-electron chi connectivity index (χ3n) is 3.47. The highest BCUT2D eigenvalue weighted by Crippen LogP contribution is 2.32. The molecule has 1 aliphatic rings. The Labute approximate surface area is 106 Å². The summed E-state index contributed by atoms with van der Waals surface area (Å²) >= 11 is 0. The molecule has 1 heterocycles. The zero-order chi connectivity index (χ0) is 13.1. The molecule has 1 nitrogen and oxygen atoms in total. The summed E-state index contributed by atoms with van der Waals surface area (Å²) < 4.78 is 43.3. The molecule has 0 radical (unpaired) electrons. The van der Waals surface area contributed by atoms with Crippen LogP contribution in [0.4, 0.5) is 13.2 Å². The number of hydrogen-bond acceptors (Lipinski definition) is 1. The summed E-state index contributed by atoms with van der Waals surface area (Å²) in [6.07, 6.45) is -2.86. The molecule has 0 amide bonds. The molecule has 1 saturated heterocycles. The Morgan fingerprint density at radius 3 is 2.39 bits per heavy atom. The lowest BCUT2D eigenvalue weighted by molar-refractivity contribution is -0.131. The van der Waals surface area contributed by atoms with Gasteiger partial charge >= 0.3 is 6.18 Å². The fraction of sp³-hybridized carbons (Fsp3) is 0.538. The SMILES string of the molecule is FC(F)(F)CC[Si]1(c2ccccc2)CCCCO1. The van der Waals surface area contributed by atoms with Crippen LogP contribution in [0.1, 0.15) is 19.3 Å². The maximum atomic E-state index is 12.5. The minimum absolute atomic E-state index is 0.153. The highest BCUT2D eigenvalue weighted by atomic mass is 28.4. The lowest BCUT2D eigenvalue weighted by Crippen LogP contribution is -2.53. The van der Waals surface area contributed by atoms with Gasteiger partial charge in [0, 0.05) is 13.0 Å². The van der Waals surface area contributed by atoms with E-state index >= 15 is 0 Å². The Kier molecular flexibility index (Phi) is 4.12. The van der Waals surface area contributed by atoms with Crippen molar-refractivity contribution in [1.82, 2.24) is 0 Å². The maximum absolute atomic E-state index is 12.5. The van der Waals surface area contributed by atoms with Crippen LogP contribution < -0.4 is 5.19 Å². The van der Waals surface area contributed by atoms with Gasteiger partial charge < -0.3 is 4.43 Å². The van der Waals surface area contributed by atoms with E-state index in [0.717, 1.165) is 24.1 Å². The van der Waals surface area contributed by atoms with Gasteiger partial charge in [0.1, 0.15) is 0 Å². The smallest absolute Gasteiger partial charge is 0.388 e. The van der Waals surface area contributed by atoms with E-state index in [9.17, 15) is 13.2 Å². The Bertz CT molecular complexity index is 372. The average Bonchev–Trinajstić information content (AvgIpc) is 2.38. The second-order valence-corrected chi connectivity index (χ2v) is 8.64. The van der Waals surface area contributed by atoms with Crippen molar-refractivity contribution in [3.8, 4) is 0 Å². The van der Waals surface area contributed by atoms with E-state index in [-0.39, 0.29) is 6.04 Å². The van der Waals surface area contributed by atoms with Crippen LogP contribution in [0.15, 0.2) is 30.3 Å². The third kappa shape index (κ3) is 3.35. The molecule has 0 bridgehead atoms. The van der Waals surface area contributed by atoms with Gasteiger partial charge in [-0.05, 0) is 23.7 Å². The van der Waals surface area contributed by atoms with Crippen molar-refractivity contribution >= 4 is 13.5 Å². The van der Waals surface area contributed by atoms with Gasteiger partial charge in [0.05, 0.1) is 0 Å². The van der Waals surface area contributed by atoms with Crippen molar-refractivity contribution in [3.05, 3.63) is 30.3 Å². The van der Waals surface area contributed by atoms with Crippen LogP contribution in [-0.2, 0) is 4.43 Å². The minimum atomic E-state index is -4.09. The molecule has 18 heavy (non-hydrogen) atoms. The Morgan fingerprint density at radius 2 is 1.83 bits per heavy atom. The van der Waals surface area contributed by atoms with Crippen LogP contribution in [0.2, 0.25) is 12.1 Å². The monoisotopic (exact) mass is 274 g/mol. The molecule has 0 aromatic heterocycles. The number of benzene rings is 1. The largest absolute Gasteiger partial charge is 0.412 e. The first-order chi connectivity index (χ1) is 8.52. The van der Waals surface area contributed by atoms with Crippen molar-refractivity contribution in [2.24, 2.45) is 0 Å². The maximum Gasteiger partial charge on any atom is 0.388 e. The lowest BCUT2D eigenvalue weighted by Gasteiger charge is -2.35. The standard InChI is InChI=1S/C13H17F3OSi/c14-13(15,16)8-11-18(10-5-4-9-17-18)12-6-2-1-3-7-12/h1-3,6-7H,4-5,8-11H2. The van der Waals surface area contributed by atoms with Gasteiger partial charge in [-0.3, -0.25) is 0 Å². The first-order valence-corrected chi connectivity index (χ1v) is 8.60. The van der Waals surface area contributed by atoms with Crippen LogP contribution in [0.5, 0.6) is 0 Å². The topological polar surface area (TPSA) is 9.23 Å². The summed E-state index contributed by atoms with van der Waals surface area (Å²) in [4.78, 5) is 0. The van der Waals surface area contributed by atoms with Gasteiger partial charge in [0.2, 0.25) is 8.32 Å². The summed E-state index contributed by atoms with van der Waals surface area (Å²) in [6, 6.07) is 10.5. The van der Waals surface area contributed by atoms with Crippen molar-refractivity contribution in [3.63, 3.8) is 0 Å². The molecule has 1 aromatic carbocycles. The summed E-state index contributed by atoms with van der Waals surface area (Å²) in [5, 5.41) is 1.01. The van der Waals surface area contributed by atoms with Gasteiger partial charge in [-0.1, -0.05) is 36.8 Å². The zero-order valence-electron chi connectivity index (χ0n) is 10.2. The van der Waals surface area contributed by atoms with Gasteiger partial charge in [-0.25, -0.2) is 0 Å². The Balaban J connectivity index is 2.18. The molecule has 1 unspecified atom stereocenters. The van der Waals surface area contributed by atoms with E-state index in [1.165, 1.54) is 0 Å². The highest BCUT2D eigenvalue weighted by Gasteiger charge is 2.42. The van der Waals surface area contributed by atoms with Crippen molar-refractivity contribution in [2.45, 2.75) is 37.5 Å². The fourth-order valence-electron chi connectivity index (χ4n) is 2.51. The van der Waals surface area contributed by atoms with E-state index in [1.54, 1.807) is 0 Å². The molecule has 100 valence electrons. The van der Waals surface area contributed by atoms with Crippen LogP contribution in [0, 0.1) is 0 Å². The molecular formula is C13H17F3OSi. The van der Waals surface area contributed by atoms with Gasteiger partial charge in [-0.2, -0.15) is 13.2 Å². The number of rotatable bonds is 3. The quantitative estimate of drug-likeness (QED) is 0.765. The zero-order valence-corrected chi connectivity index (χ0v) is 11.2. The molecule has 0 saturated carbocycles. The minimum Gasteiger partial charge on any atom is -0.412 e. The molecule has 1 fully saturated rings. The number of halogens is 3. The van der Waals surface area contributed by atoms with Gasteiger partial charge in [0.25, 0.3) is 0 Å². The van der Waals surface area contributed by atoms with Crippen LogP contribution in [0.25, 0.3) is 0 Å². The molecule has 0 N–H and O–H groups in total. The van der Waals surface area contributed by atoms with Gasteiger partial charge in [-0.15, -0.1) is 0 Å². The van der Waals surface area contributed by atoms with E-state index < -0.39 is 20.9 Å². The van der Waals surface area contributed by atoms with Crippen LogP contribution in [0.3, 0.4) is 0 Å². The summed E-state index contributed by atoms with van der Waals surface area (Å²) in [6.45, 7) is 0.610. The third-order valence-corrected chi connectivity index (χ3v) is 7.83. The summed E-state index contributed by atoms with van der Waals surface area (Å²) in [7, 11) is -2.39. The molecule has 1 aromatic rings. The van der Waals surface area contributed by atoms with E-state index in [0.29, 0.717) is 6.61 Å². The number of alkyl halides is 3. The molecule has 0 aliphatic carbocycles. The fourth-order valence-corrected chi connectivity index (χ4v) is 6.63.